The normalized spacial score (nSPS) is 12.3. The number of carbonyl (C=O) groups excluding carboxylic acids is 1. The Balaban J connectivity index is 1.64. The number of para-hydroxylation sites is 2. The zero-order valence-electron chi connectivity index (χ0n) is 24.1. The van der Waals surface area contributed by atoms with Crippen molar-refractivity contribution < 1.29 is 22.4 Å². The van der Waals surface area contributed by atoms with Crippen LogP contribution in [0.4, 0.5) is 5.69 Å². The summed E-state index contributed by atoms with van der Waals surface area (Å²) >= 11 is 6.50. The van der Waals surface area contributed by atoms with Gasteiger partial charge in [-0.1, -0.05) is 71.8 Å². The van der Waals surface area contributed by atoms with Crippen LogP contribution in [0.25, 0.3) is 16.7 Å². The molecule has 0 radical (unpaired) electrons. The largest absolute Gasteiger partial charge is 0.458 e. The van der Waals surface area contributed by atoms with Crippen LogP contribution in [0, 0.1) is 13.8 Å². The fourth-order valence-electron chi connectivity index (χ4n) is 5.25. The van der Waals surface area contributed by atoms with Crippen molar-refractivity contribution in [3.05, 3.63) is 136 Å². The SMILES string of the molecule is CC(=O)Oc1c(C(c2cccc(Cl)c2)c2oc3ccccc3c2NS(=O)(=O)c2ccc(C)cc2)c(C)nn1-c1ccccc1. The second kappa shape index (κ2) is 11.7. The second-order valence-electron chi connectivity index (χ2n) is 10.4. The van der Waals surface area contributed by atoms with Crippen molar-refractivity contribution in [3.63, 3.8) is 0 Å². The molecule has 1 atom stereocenters. The monoisotopic (exact) mass is 625 g/mol. The summed E-state index contributed by atoms with van der Waals surface area (Å²) in [5.74, 6) is -0.867. The number of anilines is 1. The number of hydrogen-bond donors (Lipinski definition) is 1. The average Bonchev–Trinajstić information content (AvgIpc) is 3.51. The van der Waals surface area contributed by atoms with Crippen LogP contribution in [0.3, 0.4) is 0 Å². The molecule has 0 saturated carbocycles. The third-order valence-corrected chi connectivity index (χ3v) is 8.83. The highest BCUT2D eigenvalue weighted by Crippen LogP contribution is 2.47. The summed E-state index contributed by atoms with van der Waals surface area (Å²) in [5, 5.41) is 5.80. The second-order valence-corrected chi connectivity index (χ2v) is 12.5. The molecule has 8 nitrogen and oxygen atoms in total. The number of benzene rings is 4. The number of fused-ring (bicyclic) bond motifs is 1. The Morgan fingerprint density at radius 1 is 0.932 bits per heavy atom. The summed E-state index contributed by atoms with van der Waals surface area (Å²) < 4.78 is 44.2. The standard InChI is InChI=1S/C34H28ClN3O5S/c1-21-16-18-27(19-17-21)44(40,41)37-32-28-14-7-8-15-29(28)43-33(32)31(24-10-9-11-25(35)20-24)30-22(2)36-38(34(30)42-23(3)39)26-12-5-4-6-13-26/h4-20,31,37H,1-3H3. The molecule has 10 heteroatoms. The molecule has 0 aliphatic heterocycles. The average molecular weight is 626 g/mol. The summed E-state index contributed by atoms with van der Waals surface area (Å²) in [6.07, 6.45) is 0. The van der Waals surface area contributed by atoms with Crippen molar-refractivity contribution in [2.24, 2.45) is 0 Å². The summed E-state index contributed by atoms with van der Waals surface area (Å²) in [6.45, 7) is 5.01. The van der Waals surface area contributed by atoms with E-state index in [2.05, 4.69) is 4.72 Å². The predicted octanol–water partition coefficient (Wildman–Crippen LogP) is 7.80. The molecule has 0 aliphatic rings. The molecule has 0 aliphatic carbocycles. The van der Waals surface area contributed by atoms with E-state index in [0.717, 1.165) is 5.56 Å². The van der Waals surface area contributed by atoms with Crippen LogP contribution in [0.2, 0.25) is 5.02 Å². The molecule has 0 bridgehead atoms. The minimum Gasteiger partial charge on any atom is -0.458 e. The van der Waals surface area contributed by atoms with Gasteiger partial charge in [-0.15, -0.1) is 0 Å². The molecular formula is C34H28ClN3O5S. The van der Waals surface area contributed by atoms with E-state index in [1.54, 1.807) is 66.2 Å². The van der Waals surface area contributed by atoms with Crippen LogP contribution < -0.4 is 9.46 Å². The van der Waals surface area contributed by atoms with Crippen LogP contribution in [-0.2, 0) is 14.8 Å². The van der Waals surface area contributed by atoms with E-state index in [1.807, 2.05) is 55.5 Å². The smallest absolute Gasteiger partial charge is 0.309 e. The highest BCUT2D eigenvalue weighted by molar-refractivity contribution is 7.92. The van der Waals surface area contributed by atoms with Gasteiger partial charge in [0.15, 0.2) is 0 Å². The number of carbonyl (C=O) groups is 1. The van der Waals surface area contributed by atoms with Crippen molar-refractivity contribution in [2.45, 2.75) is 31.6 Å². The molecule has 0 saturated heterocycles. The van der Waals surface area contributed by atoms with Gasteiger partial charge >= 0.3 is 5.97 Å². The van der Waals surface area contributed by atoms with E-state index in [4.69, 9.17) is 25.9 Å². The maximum Gasteiger partial charge on any atom is 0.309 e. The number of esters is 1. The summed E-state index contributed by atoms with van der Waals surface area (Å²) in [4.78, 5) is 12.6. The minimum atomic E-state index is -4.04. The van der Waals surface area contributed by atoms with Crippen LogP contribution in [-0.4, -0.2) is 24.2 Å². The quantitative estimate of drug-likeness (QED) is 0.173. The fourth-order valence-corrected chi connectivity index (χ4v) is 6.54. The fraction of sp³-hybridized carbons (Fsp3) is 0.118. The first kappa shape index (κ1) is 29.2. The Morgan fingerprint density at radius 3 is 2.34 bits per heavy atom. The van der Waals surface area contributed by atoms with Gasteiger partial charge in [-0.3, -0.25) is 9.52 Å². The van der Waals surface area contributed by atoms with Crippen LogP contribution in [0.1, 0.15) is 41.0 Å². The van der Waals surface area contributed by atoms with E-state index < -0.39 is 21.9 Å². The number of aromatic nitrogens is 2. The zero-order chi connectivity index (χ0) is 31.0. The zero-order valence-corrected chi connectivity index (χ0v) is 25.7. The van der Waals surface area contributed by atoms with Gasteiger partial charge < -0.3 is 9.15 Å². The van der Waals surface area contributed by atoms with Gasteiger partial charge in [0, 0.05) is 17.3 Å². The van der Waals surface area contributed by atoms with Crippen molar-refractivity contribution in [1.29, 1.82) is 0 Å². The summed E-state index contributed by atoms with van der Waals surface area (Å²) in [6, 6.07) is 30.2. The number of ether oxygens (including phenoxy) is 1. The lowest BCUT2D eigenvalue weighted by molar-refractivity contribution is -0.132. The molecule has 2 heterocycles. The van der Waals surface area contributed by atoms with Crippen LogP contribution in [0.5, 0.6) is 5.88 Å². The molecule has 44 heavy (non-hydrogen) atoms. The third kappa shape index (κ3) is 5.59. The molecular weight excluding hydrogens is 598 g/mol. The third-order valence-electron chi connectivity index (χ3n) is 7.23. The van der Waals surface area contributed by atoms with Gasteiger partial charge in [0.2, 0.25) is 5.88 Å². The Labute approximate surface area is 259 Å². The van der Waals surface area contributed by atoms with Crippen LogP contribution >= 0.6 is 11.6 Å². The summed E-state index contributed by atoms with van der Waals surface area (Å²) in [5.41, 5.74) is 4.07. The number of rotatable bonds is 8. The maximum absolute atomic E-state index is 13.8. The number of sulfonamides is 1. The molecule has 0 spiro atoms. The lowest BCUT2D eigenvalue weighted by Gasteiger charge is -2.20. The molecule has 6 rings (SSSR count). The van der Waals surface area contributed by atoms with Gasteiger partial charge in [-0.25, -0.2) is 13.1 Å². The number of furan rings is 1. The topological polar surface area (TPSA) is 103 Å². The van der Waals surface area contributed by atoms with Gasteiger partial charge in [0.1, 0.15) is 11.3 Å². The number of hydrogen-bond acceptors (Lipinski definition) is 6. The molecule has 4 aromatic carbocycles. The van der Waals surface area contributed by atoms with Gasteiger partial charge in [0.25, 0.3) is 10.0 Å². The number of halogens is 1. The first-order chi connectivity index (χ1) is 21.1. The number of aryl methyl sites for hydroxylation is 2. The predicted molar refractivity (Wildman–Crippen MR) is 170 cm³/mol. The van der Waals surface area contributed by atoms with Gasteiger partial charge in [0.05, 0.1) is 33.4 Å². The minimum absolute atomic E-state index is 0.104. The van der Waals surface area contributed by atoms with E-state index in [9.17, 15) is 13.2 Å². The molecule has 1 unspecified atom stereocenters. The van der Waals surface area contributed by atoms with E-state index in [0.29, 0.717) is 38.5 Å². The Bertz CT molecular complexity index is 2100. The molecule has 0 fully saturated rings. The Hall–Kier alpha value is -4.86. The number of nitrogens with zero attached hydrogens (tertiary/aromatic N) is 2. The van der Waals surface area contributed by atoms with E-state index in [-0.39, 0.29) is 22.2 Å². The first-order valence-electron chi connectivity index (χ1n) is 13.8. The first-order valence-corrected chi connectivity index (χ1v) is 15.7. The molecule has 6 aromatic rings. The lowest BCUT2D eigenvalue weighted by atomic mass is 9.88. The van der Waals surface area contributed by atoms with Crippen LogP contribution in [0.15, 0.2) is 112 Å². The van der Waals surface area contributed by atoms with Crippen molar-refractivity contribution in [3.8, 4) is 11.6 Å². The van der Waals surface area contributed by atoms with Gasteiger partial charge in [-0.05, 0) is 67.9 Å². The van der Waals surface area contributed by atoms with Crippen molar-refractivity contribution in [1.82, 2.24) is 9.78 Å². The molecule has 222 valence electrons. The highest BCUT2D eigenvalue weighted by Gasteiger charge is 2.35. The number of nitrogens with one attached hydrogen (secondary N) is 1. The highest BCUT2D eigenvalue weighted by atomic mass is 35.5. The summed E-state index contributed by atoms with van der Waals surface area (Å²) in [7, 11) is -4.04. The maximum atomic E-state index is 13.8. The van der Waals surface area contributed by atoms with Crippen molar-refractivity contribution >= 4 is 44.3 Å². The van der Waals surface area contributed by atoms with Crippen molar-refractivity contribution in [2.75, 3.05) is 4.72 Å². The molecule has 0 amide bonds. The molecule has 1 N–H and O–H groups in total. The Kier molecular flexibility index (Phi) is 7.75. The lowest BCUT2D eigenvalue weighted by Crippen LogP contribution is -2.16. The van der Waals surface area contributed by atoms with E-state index >= 15 is 0 Å². The Morgan fingerprint density at radius 2 is 1.64 bits per heavy atom. The van der Waals surface area contributed by atoms with Gasteiger partial charge in [-0.2, -0.15) is 5.10 Å². The van der Waals surface area contributed by atoms with E-state index in [1.165, 1.54) is 6.92 Å². The molecule has 2 aromatic heterocycles.